The lowest BCUT2D eigenvalue weighted by Crippen LogP contribution is -2.07. The molecule has 0 radical (unpaired) electrons. The molecule has 0 atom stereocenters. The summed E-state index contributed by atoms with van der Waals surface area (Å²) in [7, 11) is 2.42. The molecule has 0 N–H and O–H groups in total. The van der Waals surface area contributed by atoms with Crippen LogP contribution in [0, 0.1) is 22.7 Å². The van der Waals surface area contributed by atoms with Crippen LogP contribution in [0.2, 0.25) is 0 Å². The van der Waals surface area contributed by atoms with Gasteiger partial charge in [-0.05, 0) is 0 Å². The number of rotatable bonds is 7. The van der Waals surface area contributed by atoms with Gasteiger partial charge in [-0.1, -0.05) is 0 Å². The lowest BCUT2D eigenvalue weighted by atomic mass is 10.3. The first-order valence-electron chi connectivity index (χ1n) is 5.02. The summed E-state index contributed by atoms with van der Waals surface area (Å²) in [5.74, 6) is -0.833. The van der Waals surface area contributed by atoms with Crippen LogP contribution in [0.5, 0.6) is 0 Å². The van der Waals surface area contributed by atoms with Crippen LogP contribution in [0.3, 0.4) is 0 Å². The average Bonchev–Trinajstić information content (AvgIpc) is 2.44. The molecule has 19 heavy (non-hydrogen) atoms. The van der Waals surface area contributed by atoms with Crippen molar-refractivity contribution in [2.75, 3.05) is 25.7 Å². The van der Waals surface area contributed by atoms with Gasteiger partial charge in [0.1, 0.15) is 6.07 Å². The van der Waals surface area contributed by atoms with Gasteiger partial charge in [0, 0.05) is 12.2 Å². The summed E-state index contributed by atoms with van der Waals surface area (Å²) in [5, 5.41) is 17.4. The molecular formula is C11H12N2O4S2. The molecule has 0 heterocycles. The van der Waals surface area contributed by atoms with Crippen LogP contribution in [0.25, 0.3) is 0 Å². The summed E-state index contributed by atoms with van der Waals surface area (Å²) in [4.78, 5) is 22.5. The summed E-state index contributed by atoms with van der Waals surface area (Å²) in [5.41, 5.74) is -0.167. The number of nitriles is 2. The van der Waals surface area contributed by atoms with E-state index in [1.807, 2.05) is 6.07 Å². The molecule has 0 spiro atoms. The van der Waals surface area contributed by atoms with Crippen molar-refractivity contribution in [3.63, 3.8) is 0 Å². The van der Waals surface area contributed by atoms with Crippen molar-refractivity contribution in [2.45, 2.75) is 6.42 Å². The molecule has 102 valence electrons. The Kier molecular flexibility index (Phi) is 9.41. The highest BCUT2D eigenvalue weighted by Gasteiger charge is 2.18. The summed E-state index contributed by atoms with van der Waals surface area (Å²) in [6, 6.07) is 3.71. The highest BCUT2D eigenvalue weighted by molar-refractivity contribution is 8.22. The average molecular weight is 300 g/mol. The van der Waals surface area contributed by atoms with Crippen LogP contribution in [-0.4, -0.2) is 37.7 Å². The number of methoxy groups -OCH3 is 2. The Hall–Kier alpha value is -1.64. The molecule has 6 nitrogen and oxygen atoms in total. The van der Waals surface area contributed by atoms with E-state index in [0.29, 0.717) is 9.99 Å². The predicted octanol–water partition coefficient (Wildman–Crippen LogP) is 1.45. The molecule has 0 aliphatic carbocycles. The number of esters is 2. The lowest BCUT2D eigenvalue weighted by Gasteiger charge is -2.07. The van der Waals surface area contributed by atoms with E-state index in [0.717, 1.165) is 23.5 Å². The monoisotopic (exact) mass is 300 g/mol. The number of carbonyl (C=O) groups excluding carboxylic acids is 2. The number of ether oxygens (including phenoxy) is 2. The first kappa shape index (κ1) is 17.4. The first-order valence-corrected chi connectivity index (χ1v) is 6.99. The zero-order chi connectivity index (χ0) is 14.7. The zero-order valence-corrected chi connectivity index (χ0v) is 12.1. The molecule has 0 fully saturated rings. The molecule has 0 saturated carbocycles. The molecule has 8 heteroatoms. The summed E-state index contributed by atoms with van der Waals surface area (Å²) >= 11 is 2.18. The molecule has 0 aliphatic rings. The second-order valence-electron chi connectivity index (χ2n) is 2.89. The maximum Gasteiger partial charge on any atom is 0.350 e. The Morgan fingerprint density at radius 3 is 2.32 bits per heavy atom. The summed E-state index contributed by atoms with van der Waals surface area (Å²) in [6.07, 6.45) is 0.271. The van der Waals surface area contributed by atoms with Gasteiger partial charge in [-0.15, -0.1) is 23.5 Å². The number of carbonyl (C=O) groups is 2. The van der Waals surface area contributed by atoms with Crippen molar-refractivity contribution >= 4 is 35.5 Å². The largest absolute Gasteiger partial charge is 0.468 e. The maximum atomic E-state index is 11.4. The Labute approximate surface area is 119 Å². The van der Waals surface area contributed by atoms with Crippen LogP contribution < -0.4 is 0 Å². The molecular weight excluding hydrogens is 288 g/mol. The fourth-order valence-electron chi connectivity index (χ4n) is 0.835. The van der Waals surface area contributed by atoms with E-state index in [2.05, 4.69) is 9.47 Å². The second kappa shape index (κ2) is 10.3. The molecule has 0 aromatic carbocycles. The fourth-order valence-corrected chi connectivity index (χ4v) is 2.89. The highest BCUT2D eigenvalue weighted by Crippen LogP contribution is 2.32. The minimum Gasteiger partial charge on any atom is -0.468 e. The fraction of sp³-hybridized carbons (Fsp3) is 0.455. The van der Waals surface area contributed by atoms with Crippen LogP contribution in [0.1, 0.15) is 6.42 Å². The SMILES string of the molecule is COC(=O)CSC(SCCC#N)=C(C#N)C(=O)OC. The van der Waals surface area contributed by atoms with Crippen LogP contribution in [-0.2, 0) is 19.1 Å². The van der Waals surface area contributed by atoms with Gasteiger partial charge in [0.15, 0.2) is 5.57 Å². The van der Waals surface area contributed by atoms with Gasteiger partial charge in [-0.3, -0.25) is 4.79 Å². The van der Waals surface area contributed by atoms with E-state index >= 15 is 0 Å². The van der Waals surface area contributed by atoms with Crippen LogP contribution >= 0.6 is 23.5 Å². The topological polar surface area (TPSA) is 100 Å². The predicted molar refractivity (Wildman–Crippen MR) is 71.8 cm³/mol. The van der Waals surface area contributed by atoms with Crippen molar-refractivity contribution in [3.05, 3.63) is 9.81 Å². The molecule has 0 rings (SSSR count). The van der Waals surface area contributed by atoms with Gasteiger partial charge < -0.3 is 9.47 Å². The van der Waals surface area contributed by atoms with Gasteiger partial charge in [0.25, 0.3) is 0 Å². The van der Waals surface area contributed by atoms with Crippen LogP contribution in [0.15, 0.2) is 9.81 Å². The third kappa shape index (κ3) is 6.75. The summed E-state index contributed by atoms with van der Waals surface area (Å²) in [6.45, 7) is 0. The first-order chi connectivity index (χ1) is 9.10. The second-order valence-corrected chi connectivity index (χ2v) is 5.24. The minimum absolute atomic E-state index is 0.0203. The van der Waals surface area contributed by atoms with Crippen LogP contribution in [0.4, 0.5) is 0 Å². The standard InChI is InChI=1S/C11H12N2O4S2/c1-16-9(14)7-19-11(18-5-3-4-12)8(6-13)10(15)17-2/h3,5,7H2,1-2H3. The lowest BCUT2D eigenvalue weighted by molar-refractivity contribution is -0.137. The summed E-state index contributed by atoms with van der Waals surface area (Å²) < 4.78 is 9.34. The van der Waals surface area contributed by atoms with Crippen molar-refractivity contribution in [3.8, 4) is 12.1 Å². The molecule has 0 bridgehead atoms. The number of nitrogens with zero attached hydrogens (tertiary/aromatic N) is 2. The Balaban J connectivity index is 4.96. The van der Waals surface area contributed by atoms with Gasteiger partial charge in [-0.2, -0.15) is 10.5 Å². The van der Waals surface area contributed by atoms with Crippen molar-refractivity contribution in [2.24, 2.45) is 0 Å². The quantitative estimate of drug-likeness (QED) is 0.301. The minimum atomic E-state index is -0.765. The molecule has 0 unspecified atom stereocenters. The Bertz CT molecular complexity index is 449. The molecule has 0 aromatic rings. The van der Waals surface area contributed by atoms with E-state index in [-0.39, 0.29) is 17.7 Å². The highest BCUT2D eigenvalue weighted by atomic mass is 32.2. The van der Waals surface area contributed by atoms with Crippen molar-refractivity contribution < 1.29 is 19.1 Å². The van der Waals surface area contributed by atoms with Gasteiger partial charge in [0.05, 0.1) is 30.3 Å². The number of hydrogen-bond acceptors (Lipinski definition) is 8. The van der Waals surface area contributed by atoms with E-state index in [4.69, 9.17) is 10.5 Å². The van der Waals surface area contributed by atoms with E-state index in [1.54, 1.807) is 6.07 Å². The van der Waals surface area contributed by atoms with E-state index < -0.39 is 11.9 Å². The zero-order valence-electron chi connectivity index (χ0n) is 10.5. The van der Waals surface area contributed by atoms with Crippen molar-refractivity contribution in [1.29, 1.82) is 10.5 Å². The van der Waals surface area contributed by atoms with Gasteiger partial charge in [-0.25, -0.2) is 4.79 Å². The third-order valence-electron chi connectivity index (χ3n) is 1.70. The molecule has 0 aliphatic heterocycles. The van der Waals surface area contributed by atoms with Gasteiger partial charge >= 0.3 is 11.9 Å². The maximum absolute atomic E-state index is 11.4. The Morgan fingerprint density at radius 1 is 1.16 bits per heavy atom. The normalized spacial score (nSPS) is 10.7. The van der Waals surface area contributed by atoms with Gasteiger partial charge in [0.2, 0.25) is 0 Å². The van der Waals surface area contributed by atoms with E-state index in [1.165, 1.54) is 14.2 Å². The van der Waals surface area contributed by atoms with E-state index in [9.17, 15) is 9.59 Å². The number of thioether (sulfide) groups is 2. The molecule has 0 aromatic heterocycles. The third-order valence-corrected chi connectivity index (χ3v) is 4.13. The molecule has 0 saturated heterocycles. The molecule has 0 amide bonds. The number of hydrogen-bond donors (Lipinski definition) is 0. The Morgan fingerprint density at radius 2 is 1.84 bits per heavy atom. The van der Waals surface area contributed by atoms with Crippen molar-refractivity contribution in [1.82, 2.24) is 0 Å². The smallest absolute Gasteiger partial charge is 0.350 e.